The Bertz CT molecular complexity index is 548. The van der Waals surface area contributed by atoms with Crippen molar-refractivity contribution < 1.29 is 22.4 Å². The lowest BCUT2D eigenvalue weighted by Gasteiger charge is -2.11. The Morgan fingerprint density at radius 2 is 1.90 bits per heavy atom. The molecule has 20 heavy (non-hydrogen) atoms. The van der Waals surface area contributed by atoms with Crippen LogP contribution < -0.4 is 10.6 Å². The van der Waals surface area contributed by atoms with Crippen molar-refractivity contribution in [1.82, 2.24) is 10.6 Å². The van der Waals surface area contributed by atoms with Gasteiger partial charge >= 0.3 is 6.18 Å². The largest absolute Gasteiger partial charge is 0.416 e. The number of benzene rings is 1. The van der Waals surface area contributed by atoms with Gasteiger partial charge in [0.25, 0.3) is 5.91 Å². The first-order chi connectivity index (χ1) is 9.38. The average Bonchev–Trinajstić information content (AvgIpc) is 2.82. The van der Waals surface area contributed by atoms with E-state index in [0.717, 1.165) is 13.1 Å². The highest BCUT2D eigenvalue weighted by molar-refractivity contribution is 5.95. The van der Waals surface area contributed by atoms with E-state index < -0.39 is 29.0 Å². The zero-order chi connectivity index (χ0) is 14.5. The van der Waals surface area contributed by atoms with Crippen LogP contribution >= 0.6 is 0 Å². The number of nitrogens with one attached hydrogen (secondary N) is 2. The molecule has 2 aliphatic rings. The third-order valence-electron chi connectivity index (χ3n) is 3.93. The molecular formula is C13H12F4N2O. The molecule has 1 aliphatic carbocycles. The molecule has 1 aliphatic heterocycles. The molecular weight excluding hydrogens is 276 g/mol. The summed E-state index contributed by atoms with van der Waals surface area (Å²) in [6.45, 7) is 1.56. The molecule has 3 nitrogen and oxygen atoms in total. The molecule has 2 fully saturated rings. The fraction of sp³-hybridized carbons (Fsp3) is 0.462. The second kappa shape index (κ2) is 4.44. The monoisotopic (exact) mass is 288 g/mol. The summed E-state index contributed by atoms with van der Waals surface area (Å²) in [6.07, 6.45) is -4.59. The van der Waals surface area contributed by atoms with Crippen molar-refractivity contribution >= 4 is 5.91 Å². The molecule has 1 aromatic rings. The molecule has 0 bridgehead atoms. The summed E-state index contributed by atoms with van der Waals surface area (Å²) in [5.41, 5.74) is -1.58. The van der Waals surface area contributed by atoms with Gasteiger partial charge in [0.2, 0.25) is 0 Å². The molecule has 2 N–H and O–H groups in total. The Morgan fingerprint density at radius 3 is 2.50 bits per heavy atom. The molecule has 1 heterocycles. The number of rotatable bonds is 2. The van der Waals surface area contributed by atoms with E-state index >= 15 is 0 Å². The molecule has 7 heteroatoms. The highest BCUT2D eigenvalue weighted by atomic mass is 19.4. The van der Waals surface area contributed by atoms with Crippen LogP contribution in [0.3, 0.4) is 0 Å². The first-order valence-corrected chi connectivity index (χ1v) is 6.26. The smallest absolute Gasteiger partial charge is 0.349 e. The van der Waals surface area contributed by atoms with Crippen LogP contribution in [0.15, 0.2) is 18.2 Å². The van der Waals surface area contributed by atoms with Gasteiger partial charge in [-0.2, -0.15) is 13.2 Å². The van der Waals surface area contributed by atoms with Crippen LogP contribution in [0.5, 0.6) is 0 Å². The summed E-state index contributed by atoms with van der Waals surface area (Å²) in [7, 11) is 0. The van der Waals surface area contributed by atoms with Crippen LogP contribution in [0.2, 0.25) is 0 Å². The Hall–Kier alpha value is -1.63. The number of piperidine rings is 1. The topological polar surface area (TPSA) is 41.1 Å². The fourth-order valence-electron chi connectivity index (χ4n) is 2.74. The lowest BCUT2D eigenvalue weighted by molar-refractivity contribution is -0.137. The van der Waals surface area contributed by atoms with Crippen molar-refractivity contribution in [2.75, 3.05) is 13.1 Å². The van der Waals surface area contributed by atoms with Crippen LogP contribution in [0.1, 0.15) is 15.9 Å². The van der Waals surface area contributed by atoms with Crippen LogP contribution in [0.4, 0.5) is 17.6 Å². The predicted molar refractivity (Wildman–Crippen MR) is 62.5 cm³/mol. The third kappa shape index (κ3) is 2.26. The normalized spacial score (nSPS) is 28.1. The van der Waals surface area contributed by atoms with Gasteiger partial charge in [0.05, 0.1) is 11.1 Å². The average molecular weight is 288 g/mol. The molecule has 0 radical (unpaired) electrons. The zero-order valence-electron chi connectivity index (χ0n) is 10.3. The van der Waals surface area contributed by atoms with Crippen molar-refractivity contribution in [3.8, 4) is 0 Å². The molecule has 0 aromatic heterocycles. The molecule has 1 aromatic carbocycles. The van der Waals surface area contributed by atoms with Gasteiger partial charge in [-0.3, -0.25) is 4.79 Å². The first kappa shape index (κ1) is 13.4. The maximum absolute atomic E-state index is 13.5. The summed E-state index contributed by atoms with van der Waals surface area (Å²) in [4.78, 5) is 11.9. The summed E-state index contributed by atoms with van der Waals surface area (Å²) in [6, 6.07) is 1.80. The van der Waals surface area contributed by atoms with Crippen molar-refractivity contribution in [3.05, 3.63) is 35.1 Å². The number of carbonyl (C=O) groups excluding carboxylic acids is 1. The van der Waals surface area contributed by atoms with E-state index in [1.165, 1.54) is 0 Å². The van der Waals surface area contributed by atoms with Crippen LogP contribution in [-0.2, 0) is 6.18 Å². The fourth-order valence-corrected chi connectivity index (χ4v) is 2.74. The molecule has 108 valence electrons. The van der Waals surface area contributed by atoms with Gasteiger partial charge < -0.3 is 10.6 Å². The summed E-state index contributed by atoms with van der Waals surface area (Å²) in [5.74, 6) is -1.10. The van der Waals surface area contributed by atoms with Gasteiger partial charge in [0, 0.05) is 19.1 Å². The second-order valence-corrected chi connectivity index (χ2v) is 5.18. The van der Waals surface area contributed by atoms with Gasteiger partial charge in [-0.05, 0) is 30.0 Å². The maximum Gasteiger partial charge on any atom is 0.416 e. The minimum atomic E-state index is -4.59. The summed E-state index contributed by atoms with van der Waals surface area (Å²) >= 11 is 0. The molecule has 1 saturated heterocycles. The molecule has 3 rings (SSSR count). The molecule has 1 saturated carbocycles. The third-order valence-corrected chi connectivity index (χ3v) is 3.93. The highest BCUT2D eigenvalue weighted by Crippen LogP contribution is 2.41. The van der Waals surface area contributed by atoms with Gasteiger partial charge in [0.15, 0.2) is 0 Å². The van der Waals surface area contributed by atoms with Crippen molar-refractivity contribution in [2.45, 2.75) is 12.2 Å². The number of alkyl halides is 3. The highest BCUT2D eigenvalue weighted by Gasteiger charge is 2.53. The molecule has 2 atom stereocenters. The van der Waals surface area contributed by atoms with E-state index in [1.54, 1.807) is 0 Å². The van der Waals surface area contributed by atoms with Crippen LogP contribution in [0, 0.1) is 17.7 Å². The molecule has 1 amide bonds. The number of halogens is 4. The first-order valence-electron chi connectivity index (χ1n) is 6.26. The number of amides is 1. The van der Waals surface area contributed by atoms with Gasteiger partial charge in [0.1, 0.15) is 5.82 Å². The number of fused-ring (bicyclic) bond motifs is 1. The summed E-state index contributed by atoms with van der Waals surface area (Å²) in [5, 5.41) is 5.74. The standard InChI is InChI=1S/C13H12F4N2O/c14-10-2-1-6(13(15,16)17)3-7(10)12(20)19-11-8-4-18-5-9(8)11/h1-3,8-9,11,18H,4-5H2,(H,19,20). The zero-order valence-corrected chi connectivity index (χ0v) is 10.3. The maximum atomic E-state index is 13.5. The van der Waals surface area contributed by atoms with Crippen molar-refractivity contribution in [2.24, 2.45) is 11.8 Å². The SMILES string of the molecule is O=C(NC1C2CNCC21)c1cc(C(F)(F)F)ccc1F. The van der Waals surface area contributed by atoms with E-state index in [9.17, 15) is 22.4 Å². The number of hydrogen-bond acceptors (Lipinski definition) is 2. The Labute approximate surface area is 112 Å². The minimum Gasteiger partial charge on any atom is -0.349 e. The number of carbonyl (C=O) groups is 1. The van der Waals surface area contributed by atoms with E-state index in [1.807, 2.05) is 0 Å². The minimum absolute atomic E-state index is 0.0577. The van der Waals surface area contributed by atoms with Gasteiger partial charge in [-0.15, -0.1) is 0 Å². The van der Waals surface area contributed by atoms with E-state index in [-0.39, 0.29) is 6.04 Å². The van der Waals surface area contributed by atoms with E-state index in [4.69, 9.17) is 0 Å². The lowest BCUT2D eigenvalue weighted by atomic mass is 10.1. The Balaban J connectivity index is 1.77. The van der Waals surface area contributed by atoms with Crippen LogP contribution in [-0.4, -0.2) is 25.0 Å². The molecule has 2 unspecified atom stereocenters. The lowest BCUT2D eigenvalue weighted by Crippen LogP contribution is -2.33. The Morgan fingerprint density at radius 1 is 1.25 bits per heavy atom. The quantitative estimate of drug-likeness (QED) is 0.815. The van der Waals surface area contributed by atoms with Crippen LogP contribution in [0.25, 0.3) is 0 Å². The molecule has 0 spiro atoms. The van der Waals surface area contributed by atoms with E-state index in [2.05, 4.69) is 10.6 Å². The Kier molecular flexibility index (Phi) is 2.97. The van der Waals surface area contributed by atoms with Crippen molar-refractivity contribution in [1.29, 1.82) is 0 Å². The second-order valence-electron chi connectivity index (χ2n) is 5.18. The van der Waals surface area contributed by atoms with Gasteiger partial charge in [-0.25, -0.2) is 4.39 Å². The summed E-state index contributed by atoms with van der Waals surface area (Å²) < 4.78 is 51.2. The number of hydrogen-bond donors (Lipinski definition) is 2. The van der Waals surface area contributed by atoms with E-state index in [0.29, 0.717) is 30.0 Å². The predicted octanol–water partition coefficient (Wildman–Crippen LogP) is 1.79. The van der Waals surface area contributed by atoms with Crippen molar-refractivity contribution in [3.63, 3.8) is 0 Å². The van der Waals surface area contributed by atoms with Gasteiger partial charge in [-0.1, -0.05) is 0 Å².